The lowest BCUT2D eigenvalue weighted by atomic mass is 10.1. The number of benzene rings is 1. The highest BCUT2D eigenvalue weighted by molar-refractivity contribution is 5.76. The van der Waals surface area contributed by atoms with Gasteiger partial charge in [-0.25, -0.2) is 9.50 Å². The first-order chi connectivity index (χ1) is 12.9. The zero-order valence-corrected chi connectivity index (χ0v) is 16.2. The third kappa shape index (κ3) is 3.98. The Kier molecular flexibility index (Phi) is 5.22. The van der Waals surface area contributed by atoms with Gasteiger partial charge in [0, 0.05) is 37.5 Å². The number of nitriles is 1. The van der Waals surface area contributed by atoms with Crippen molar-refractivity contribution in [2.24, 2.45) is 0 Å². The molecule has 3 rings (SSSR count). The molecule has 0 unspecified atom stereocenters. The average molecular weight is 361 g/mol. The van der Waals surface area contributed by atoms with Crippen molar-refractivity contribution >= 4 is 11.6 Å². The zero-order chi connectivity index (χ0) is 19.6. The molecule has 1 amide bonds. The summed E-state index contributed by atoms with van der Waals surface area (Å²) in [4.78, 5) is 18.9. The topological polar surface area (TPSA) is 74.3 Å². The molecule has 0 aliphatic carbocycles. The van der Waals surface area contributed by atoms with Gasteiger partial charge in [-0.3, -0.25) is 4.79 Å². The molecule has 0 aliphatic heterocycles. The Hall–Kier alpha value is -3.20. The molecule has 0 saturated heterocycles. The van der Waals surface area contributed by atoms with E-state index in [2.05, 4.69) is 16.2 Å². The standard InChI is InChI=1S/C21H23N5O/c1-14-11-20-23-15(2)19(16(3)26(20)24-14)9-10-21(27)25(4)13-18-7-5-17(12-22)6-8-18/h5-8,11H,9-10,13H2,1-4H3. The number of nitrogens with zero attached hydrogens (tertiary/aromatic N) is 5. The van der Waals surface area contributed by atoms with E-state index in [0.717, 1.165) is 33.9 Å². The van der Waals surface area contributed by atoms with E-state index in [0.29, 0.717) is 24.9 Å². The third-order valence-corrected chi connectivity index (χ3v) is 4.80. The van der Waals surface area contributed by atoms with Gasteiger partial charge in [0.05, 0.1) is 17.3 Å². The Morgan fingerprint density at radius 2 is 1.93 bits per heavy atom. The van der Waals surface area contributed by atoms with Gasteiger partial charge in [0.25, 0.3) is 0 Å². The van der Waals surface area contributed by atoms with Crippen LogP contribution in [-0.4, -0.2) is 32.5 Å². The fraction of sp³-hybridized carbons (Fsp3) is 0.333. The summed E-state index contributed by atoms with van der Waals surface area (Å²) in [7, 11) is 1.80. The minimum Gasteiger partial charge on any atom is -0.341 e. The van der Waals surface area contributed by atoms with E-state index in [1.54, 1.807) is 24.1 Å². The number of amides is 1. The summed E-state index contributed by atoms with van der Waals surface area (Å²) in [6.45, 7) is 6.48. The van der Waals surface area contributed by atoms with Crippen molar-refractivity contribution in [2.75, 3.05) is 7.05 Å². The van der Waals surface area contributed by atoms with Gasteiger partial charge in [0.1, 0.15) is 0 Å². The molecule has 3 aromatic rings. The summed E-state index contributed by atoms with van der Waals surface area (Å²) in [6.07, 6.45) is 1.05. The van der Waals surface area contributed by atoms with Crippen molar-refractivity contribution in [3.05, 3.63) is 64.1 Å². The van der Waals surface area contributed by atoms with Crippen LogP contribution in [0.2, 0.25) is 0 Å². The maximum absolute atomic E-state index is 12.6. The second-order valence-corrected chi connectivity index (χ2v) is 6.88. The largest absolute Gasteiger partial charge is 0.341 e. The molecule has 6 nitrogen and oxygen atoms in total. The molecule has 27 heavy (non-hydrogen) atoms. The average Bonchev–Trinajstić information content (AvgIpc) is 3.02. The zero-order valence-electron chi connectivity index (χ0n) is 16.2. The smallest absolute Gasteiger partial charge is 0.222 e. The summed E-state index contributed by atoms with van der Waals surface area (Å²) in [5.41, 5.74) is 6.46. The predicted molar refractivity (Wildman–Crippen MR) is 103 cm³/mol. The van der Waals surface area contributed by atoms with Crippen LogP contribution in [0.25, 0.3) is 5.65 Å². The van der Waals surface area contributed by atoms with Gasteiger partial charge in [-0.1, -0.05) is 12.1 Å². The van der Waals surface area contributed by atoms with E-state index < -0.39 is 0 Å². The van der Waals surface area contributed by atoms with Crippen molar-refractivity contribution in [2.45, 2.75) is 40.2 Å². The molecule has 0 aliphatic rings. The van der Waals surface area contributed by atoms with E-state index in [-0.39, 0.29) is 5.91 Å². The Balaban J connectivity index is 1.67. The highest BCUT2D eigenvalue weighted by Gasteiger charge is 2.15. The molecule has 0 bridgehead atoms. The number of fused-ring (bicyclic) bond motifs is 1. The van der Waals surface area contributed by atoms with Crippen LogP contribution in [0, 0.1) is 32.1 Å². The number of aryl methyl sites for hydroxylation is 3. The number of hydrogen-bond acceptors (Lipinski definition) is 4. The first kappa shape index (κ1) is 18.6. The summed E-state index contributed by atoms with van der Waals surface area (Å²) in [5, 5.41) is 13.3. The third-order valence-electron chi connectivity index (χ3n) is 4.80. The summed E-state index contributed by atoms with van der Waals surface area (Å²) >= 11 is 0. The van der Waals surface area contributed by atoms with Gasteiger partial charge in [-0.05, 0) is 50.5 Å². The first-order valence-corrected chi connectivity index (χ1v) is 8.94. The quantitative estimate of drug-likeness (QED) is 0.700. The minimum absolute atomic E-state index is 0.0786. The number of aromatic nitrogens is 3. The maximum Gasteiger partial charge on any atom is 0.222 e. The van der Waals surface area contributed by atoms with Crippen LogP contribution in [0.5, 0.6) is 0 Å². The molecule has 1 aromatic carbocycles. The molecule has 6 heteroatoms. The molecule has 0 N–H and O–H groups in total. The highest BCUT2D eigenvalue weighted by Crippen LogP contribution is 2.17. The maximum atomic E-state index is 12.6. The lowest BCUT2D eigenvalue weighted by molar-refractivity contribution is -0.130. The second kappa shape index (κ2) is 7.58. The van der Waals surface area contributed by atoms with Crippen molar-refractivity contribution < 1.29 is 4.79 Å². The minimum atomic E-state index is 0.0786. The van der Waals surface area contributed by atoms with Gasteiger partial charge in [0.15, 0.2) is 5.65 Å². The number of carbonyl (C=O) groups excluding carboxylic acids is 1. The Labute approximate surface area is 159 Å². The number of carbonyl (C=O) groups is 1. The SMILES string of the molecule is Cc1cc2nc(C)c(CCC(=O)N(C)Cc3ccc(C#N)cc3)c(C)n2n1. The van der Waals surface area contributed by atoms with Gasteiger partial charge in [-0.15, -0.1) is 0 Å². The van der Waals surface area contributed by atoms with E-state index in [1.165, 1.54) is 0 Å². The summed E-state index contributed by atoms with van der Waals surface area (Å²) < 4.78 is 1.85. The van der Waals surface area contributed by atoms with Gasteiger partial charge in [0.2, 0.25) is 5.91 Å². The lowest BCUT2D eigenvalue weighted by Gasteiger charge is -2.18. The van der Waals surface area contributed by atoms with Crippen molar-refractivity contribution in [1.29, 1.82) is 5.26 Å². The van der Waals surface area contributed by atoms with Crippen LogP contribution in [-0.2, 0) is 17.8 Å². The lowest BCUT2D eigenvalue weighted by Crippen LogP contribution is -2.26. The van der Waals surface area contributed by atoms with E-state index in [9.17, 15) is 4.79 Å². The molecular weight excluding hydrogens is 338 g/mol. The fourth-order valence-corrected chi connectivity index (χ4v) is 3.27. The summed E-state index contributed by atoms with van der Waals surface area (Å²) in [5.74, 6) is 0.0786. The fourth-order valence-electron chi connectivity index (χ4n) is 3.27. The van der Waals surface area contributed by atoms with Gasteiger partial charge >= 0.3 is 0 Å². The number of hydrogen-bond donors (Lipinski definition) is 0. The van der Waals surface area contributed by atoms with Crippen LogP contribution in [0.15, 0.2) is 30.3 Å². The highest BCUT2D eigenvalue weighted by atomic mass is 16.2. The van der Waals surface area contributed by atoms with Crippen LogP contribution in [0.4, 0.5) is 0 Å². The Morgan fingerprint density at radius 1 is 1.22 bits per heavy atom. The first-order valence-electron chi connectivity index (χ1n) is 8.94. The molecule has 138 valence electrons. The van der Waals surface area contributed by atoms with Crippen molar-refractivity contribution in [1.82, 2.24) is 19.5 Å². The van der Waals surface area contributed by atoms with E-state index in [4.69, 9.17) is 5.26 Å². The number of rotatable bonds is 5. The van der Waals surface area contributed by atoms with Crippen LogP contribution < -0.4 is 0 Å². The molecule has 0 radical (unpaired) electrons. The van der Waals surface area contributed by atoms with Crippen LogP contribution >= 0.6 is 0 Å². The summed E-state index contributed by atoms with van der Waals surface area (Å²) in [6, 6.07) is 11.4. The van der Waals surface area contributed by atoms with Crippen molar-refractivity contribution in [3.63, 3.8) is 0 Å². The Morgan fingerprint density at radius 3 is 2.59 bits per heavy atom. The van der Waals surface area contributed by atoms with Crippen LogP contribution in [0.1, 0.15) is 40.2 Å². The van der Waals surface area contributed by atoms with Crippen LogP contribution in [0.3, 0.4) is 0 Å². The van der Waals surface area contributed by atoms with Gasteiger partial charge < -0.3 is 4.90 Å². The van der Waals surface area contributed by atoms with E-state index in [1.807, 2.05) is 43.5 Å². The second-order valence-electron chi connectivity index (χ2n) is 6.88. The molecule has 2 aromatic heterocycles. The predicted octanol–water partition coefficient (Wildman–Crippen LogP) is 3.12. The molecule has 0 atom stereocenters. The molecule has 0 saturated carbocycles. The van der Waals surface area contributed by atoms with E-state index >= 15 is 0 Å². The normalized spacial score (nSPS) is 10.8. The van der Waals surface area contributed by atoms with Crippen molar-refractivity contribution in [3.8, 4) is 6.07 Å². The Bertz CT molecular complexity index is 1030. The molecule has 0 fully saturated rings. The monoisotopic (exact) mass is 361 g/mol. The molecule has 0 spiro atoms. The molecule has 2 heterocycles. The van der Waals surface area contributed by atoms with Gasteiger partial charge in [-0.2, -0.15) is 10.4 Å². The molecular formula is C21H23N5O.